The van der Waals surface area contributed by atoms with E-state index in [0.29, 0.717) is 0 Å². The van der Waals surface area contributed by atoms with Gasteiger partial charge in [-0.1, -0.05) is 35.9 Å². The van der Waals surface area contributed by atoms with E-state index in [1.807, 2.05) is 24.3 Å². The number of aryl methyl sites for hydroxylation is 2. The number of anilines is 2. The van der Waals surface area contributed by atoms with Gasteiger partial charge >= 0.3 is 0 Å². The van der Waals surface area contributed by atoms with Crippen LogP contribution in [0.15, 0.2) is 48.5 Å². The molecule has 1 saturated heterocycles. The highest BCUT2D eigenvalue weighted by molar-refractivity contribution is 6.31. The van der Waals surface area contributed by atoms with Crippen LogP contribution in [0, 0.1) is 0 Å². The van der Waals surface area contributed by atoms with Crippen molar-refractivity contribution < 1.29 is 18.8 Å². The van der Waals surface area contributed by atoms with E-state index in [2.05, 4.69) is 39.6 Å². The number of ether oxygens (including phenoxy) is 2. The summed E-state index contributed by atoms with van der Waals surface area (Å²) in [6, 6.07) is 16.6. The number of nitrogens with zero attached hydrogens (tertiary/aromatic N) is 3. The van der Waals surface area contributed by atoms with Crippen LogP contribution in [0.25, 0.3) is 0 Å². The van der Waals surface area contributed by atoms with Gasteiger partial charge in [0.05, 0.1) is 46.4 Å². The normalized spacial score (nSPS) is 16.3. The van der Waals surface area contributed by atoms with Crippen LogP contribution >= 0.6 is 11.6 Å². The molecule has 0 spiro atoms. The van der Waals surface area contributed by atoms with E-state index < -0.39 is 0 Å². The number of likely N-dealkylation sites (tertiary alicyclic amines) is 1. The number of hydrogen-bond donors (Lipinski definition) is 3. The number of rotatable bonds is 12. The van der Waals surface area contributed by atoms with Crippen LogP contribution in [0.1, 0.15) is 47.3 Å². The summed E-state index contributed by atoms with van der Waals surface area (Å²) in [7, 11) is 3.37. The minimum Gasteiger partial charge on any atom is -0.497 e. The third-order valence-electron chi connectivity index (χ3n) is 7.76. The van der Waals surface area contributed by atoms with Crippen molar-refractivity contribution >= 4 is 29.1 Å². The van der Waals surface area contributed by atoms with Gasteiger partial charge in [-0.05, 0) is 61.1 Å². The van der Waals surface area contributed by atoms with Crippen LogP contribution < -0.4 is 26.3 Å². The van der Waals surface area contributed by atoms with Crippen LogP contribution in [0.3, 0.4) is 0 Å². The second-order valence-electron chi connectivity index (χ2n) is 10.5. The molecule has 40 heavy (non-hydrogen) atoms. The van der Waals surface area contributed by atoms with E-state index in [4.69, 9.17) is 32.5 Å². The Bertz CT molecular complexity index is 1220. The third kappa shape index (κ3) is 7.76. The van der Waals surface area contributed by atoms with Crippen LogP contribution in [0.5, 0.6) is 11.5 Å². The molecular formula is C30H40ClN6O3+. The Morgan fingerprint density at radius 1 is 0.925 bits per heavy atom. The topological polar surface area (TPSA) is 125 Å². The molecule has 2 aromatic carbocycles. The first-order valence-corrected chi connectivity index (χ1v) is 14.2. The number of amides is 1. The van der Waals surface area contributed by atoms with Gasteiger partial charge in [0, 0.05) is 12.8 Å². The minimum absolute atomic E-state index is 0.000696. The molecule has 9 nitrogen and oxygen atoms in total. The molecule has 1 aliphatic heterocycles. The lowest BCUT2D eigenvalue weighted by Crippen LogP contribution is -2.60. The lowest BCUT2D eigenvalue weighted by Gasteiger charge is -2.45. The summed E-state index contributed by atoms with van der Waals surface area (Å²) in [4.78, 5) is 21.1. The quantitative estimate of drug-likeness (QED) is 0.279. The Morgan fingerprint density at radius 3 is 2.00 bits per heavy atom. The van der Waals surface area contributed by atoms with Crippen molar-refractivity contribution in [3.05, 3.63) is 70.5 Å². The van der Waals surface area contributed by atoms with Crippen molar-refractivity contribution in [2.75, 3.05) is 51.9 Å². The maximum atomic E-state index is 13.1. The standard InChI is InChI=1S/C30H39ClN6O3/c1-39-24-13-9-21(10-14-24)6-3-17-37(18-4-7-22-11-15-25(40-2)16-12-22)19-5-8-23(20-37)34-30(38)26-28(32)36-29(33)27(31)35-26/h9-16,23H,3-8,17-20H2,1-2H3,(H4-,32,33,34,36,38)/p+1. The summed E-state index contributed by atoms with van der Waals surface area (Å²) >= 11 is 6.02. The lowest BCUT2D eigenvalue weighted by molar-refractivity contribution is -0.933. The number of aromatic nitrogens is 2. The zero-order valence-electron chi connectivity index (χ0n) is 23.4. The molecule has 10 heteroatoms. The van der Waals surface area contributed by atoms with Crippen molar-refractivity contribution in [3.63, 3.8) is 0 Å². The van der Waals surface area contributed by atoms with Gasteiger partial charge in [-0.3, -0.25) is 4.79 Å². The van der Waals surface area contributed by atoms with Crippen molar-refractivity contribution in [3.8, 4) is 11.5 Å². The number of carbonyl (C=O) groups excluding carboxylic acids is 1. The van der Waals surface area contributed by atoms with E-state index in [1.54, 1.807) is 14.2 Å². The number of nitrogen functional groups attached to an aromatic ring is 2. The van der Waals surface area contributed by atoms with Gasteiger partial charge in [0.15, 0.2) is 22.5 Å². The molecule has 1 amide bonds. The Balaban J connectivity index is 1.43. The number of quaternary nitrogens is 1. The van der Waals surface area contributed by atoms with E-state index in [9.17, 15) is 4.79 Å². The number of nitrogens with two attached hydrogens (primary N) is 2. The highest BCUT2D eigenvalue weighted by Gasteiger charge is 2.35. The summed E-state index contributed by atoms with van der Waals surface area (Å²) in [5, 5.41) is 3.13. The van der Waals surface area contributed by atoms with Crippen molar-refractivity contribution in [2.24, 2.45) is 0 Å². The molecule has 1 aliphatic rings. The average molecular weight is 568 g/mol. The molecule has 2 heterocycles. The van der Waals surface area contributed by atoms with Crippen molar-refractivity contribution in [1.29, 1.82) is 0 Å². The second kappa shape index (κ2) is 13.7. The number of hydrogen-bond acceptors (Lipinski definition) is 7. The Kier molecular flexibility index (Phi) is 10.1. The molecule has 1 atom stereocenters. The molecule has 0 radical (unpaired) electrons. The molecule has 4 rings (SSSR count). The largest absolute Gasteiger partial charge is 0.497 e. The zero-order valence-corrected chi connectivity index (χ0v) is 24.1. The van der Waals surface area contributed by atoms with Gasteiger partial charge in [-0.2, -0.15) is 0 Å². The first kappa shape index (κ1) is 29.4. The monoisotopic (exact) mass is 567 g/mol. The maximum absolute atomic E-state index is 13.1. The van der Waals surface area contributed by atoms with Crippen LogP contribution in [0.2, 0.25) is 5.15 Å². The van der Waals surface area contributed by atoms with Gasteiger partial charge in [0.1, 0.15) is 11.5 Å². The number of halogens is 1. The van der Waals surface area contributed by atoms with Gasteiger partial charge in [-0.15, -0.1) is 0 Å². The molecule has 1 fully saturated rings. The van der Waals surface area contributed by atoms with Crippen LogP contribution in [-0.2, 0) is 12.8 Å². The fourth-order valence-electron chi connectivity index (χ4n) is 5.64. The number of nitrogens with one attached hydrogen (secondary N) is 1. The smallest absolute Gasteiger partial charge is 0.274 e. The average Bonchev–Trinajstić information content (AvgIpc) is 2.96. The van der Waals surface area contributed by atoms with E-state index in [1.165, 1.54) is 11.1 Å². The molecule has 1 unspecified atom stereocenters. The van der Waals surface area contributed by atoms with Crippen LogP contribution in [0.4, 0.5) is 11.6 Å². The Morgan fingerprint density at radius 2 is 1.48 bits per heavy atom. The van der Waals surface area contributed by atoms with Crippen molar-refractivity contribution in [1.82, 2.24) is 15.3 Å². The Labute approximate surface area is 241 Å². The SMILES string of the molecule is COc1ccc(CCC[N+]2(CCCc3ccc(OC)cc3)CCCC(NC(=O)c3nc(Cl)c(N)nc3N)C2)cc1. The maximum Gasteiger partial charge on any atom is 0.274 e. The summed E-state index contributed by atoms with van der Waals surface area (Å²) in [6.07, 6.45) is 6.03. The second-order valence-corrected chi connectivity index (χ2v) is 10.9. The van der Waals surface area contributed by atoms with Crippen LogP contribution in [-0.4, -0.2) is 66.8 Å². The summed E-state index contributed by atoms with van der Waals surface area (Å²) in [6.45, 7) is 4.02. The summed E-state index contributed by atoms with van der Waals surface area (Å²) in [5.41, 5.74) is 14.2. The van der Waals surface area contributed by atoms with Gasteiger partial charge in [-0.25, -0.2) is 9.97 Å². The summed E-state index contributed by atoms with van der Waals surface area (Å²) < 4.78 is 11.6. The summed E-state index contributed by atoms with van der Waals surface area (Å²) in [5.74, 6) is 1.36. The molecular weight excluding hydrogens is 528 g/mol. The van der Waals surface area contributed by atoms with Crippen molar-refractivity contribution in [2.45, 2.75) is 44.6 Å². The predicted molar refractivity (Wildman–Crippen MR) is 159 cm³/mol. The zero-order chi connectivity index (χ0) is 28.5. The molecule has 5 N–H and O–H groups in total. The molecule has 0 aliphatic carbocycles. The molecule has 3 aromatic rings. The minimum atomic E-state index is -0.367. The number of methoxy groups -OCH3 is 2. The first-order valence-electron chi connectivity index (χ1n) is 13.8. The van der Waals surface area contributed by atoms with E-state index >= 15 is 0 Å². The molecule has 214 valence electrons. The van der Waals surface area contributed by atoms with Gasteiger partial charge < -0.3 is 30.7 Å². The third-order valence-corrected chi connectivity index (χ3v) is 8.04. The van der Waals surface area contributed by atoms with E-state index in [-0.39, 0.29) is 34.4 Å². The lowest BCUT2D eigenvalue weighted by atomic mass is 9.99. The number of piperidine rings is 1. The first-order chi connectivity index (χ1) is 19.3. The highest BCUT2D eigenvalue weighted by Crippen LogP contribution is 2.24. The number of benzene rings is 2. The fraction of sp³-hybridized carbons (Fsp3) is 0.433. The number of carbonyl (C=O) groups is 1. The van der Waals surface area contributed by atoms with Gasteiger partial charge in [0.2, 0.25) is 0 Å². The van der Waals surface area contributed by atoms with E-state index in [0.717, 1.165) is 80.7 Å². The highest BCUT2D eigenvalue weighted by atomic mass is 35.5. The Hall–Kier alpha value is -3.56. The molecule has 0 saturated carbocycles. The fourth-order valence-corrected chi connectivity index (χ4v) is 5.77. The van der Waals surface area contributed by atoms with Gasteiger partial charge in [0.25, 0.3) is 5.91 Å². The molecule has 0 bridgehead atoms. The molecule has 1 aromatic heterocycles. The predicted octanol–water partition coefficient (Wildman–Crippen LogP) is 4.29.